The highest BCUT2D eigenvalue weighted by Gasteiger charge is 2.53. The first-order chi connectivity index (χ1) is 18.3. The van der Waals surface area contributed by atoms with Gasteiger partial charge in [0, 0.05) is 37.9 Å². The van der Waals surface area contributed by atoms with E-state index in [9.17, 15) is 9.59 Å². The molecule has 2 fully saturated rings. The lowest BCUT2D eigenvalue weighted by Crippen LogP contribution is -2.62. The Bertz CT molecular complexity index is 995. The van der Waals surface area contributed by atoms with Crippen LogP contribution in [0.15, 0.2) is 61.2 Å². The van der Waals surface area contributed by atoms with Crippen LogP contribution in [-0.4, -0.2) is 60.0 Å². The number of benzene rings is 1. The van der Waals surface area contributed by atoms with Crippen LogP contribution in [0.5, 0.6) is 5.75 Å². The van der Waals surface area contributed by atoms with Gasteiger partial charge in [0.1, 0.15) is 5.75 Å². The van der Waals surface area contributed by atoms with Gasteiger partial charge in [0.2, 0.25) is 5.91 Å². The van der Waals surface area contributed by atoms with Gasteiger partial charge in [0.15, 0.2) is 5.79 Å². The Balaban J connectivity index is 1.82. The van der Waals surface area contributed by atoms with Crippen LogP contribution in [0.2, 0.25) is 0 Å². The average molecular weight is 543 g/mol. The van der Waals surface area contributed by atoms with Crippen molar-refractivity contribution in [3.63, 3.8) is 0 Å². The SMILES string of the molecule is C=CCCCC1C[C@@H](NC(=O)C=C(C)CCC=C)C[C@](OC)([C@@H]2CSC(=O)N2Cc2ccc(OC)cc2)O1. The lowest BCUT2D eigenvalue weighted by molar-refractivity contribution is -0.294. The minimum atomic E-state index is -1.03. The first kappa shape index (κ1) is 30.0. The van der Waals surface area contributed by atoms with Gasteiger partial charge in [-0.2, -0.15) is 0 Å². The summed E-state index contributed by atoms with van der Waals surface area (Å²) in [5.41, 5.74) is 2.01. The summed E-state index contributed by atoms with van der Waals surface area (Å²) in [7, 11) is 3.27. The molecule has 1 N–H and O–H groups in total. The first-order valence-corrected chi connectivity index (χ1v) is 14.3. The van der Waals surface area contributed by atoms with Crippen molar-refractivity contribution in [3.8, 4) is 5.75 Å². The number of thioether (sulfide) groups is 1. The molecule has 0 bridgehead atoms. The van der Waals surface area contributed by atoms with Crippen molar-refractivity contribution >= 4 is 22.9 Å². The lowest BCUT2D eigenvalue weighted by atomic mass is 9.89. The predicted octanol–water partition coefficient (Wildman–Crippen LogP) is 6.01. The topological polar surface area (TPSA) is 77.1 Å². The molecule has 0 saturated carbocycles. The minimum absolute atomic E-state index is 0.000913. The highest BCUT2D eigenvalue weighted by molar-refractivity contribution is 8.13. The van der Waals surface area contributed by atoms with Gasteiger partial charge in [-0.25, -0.2) is 0 Å². The fraction of sp³-hybridized carbons (Fsp3) is 0.533. The third-order valence-electron chi connectivity index (χ3n) is 7.19. The molecule has 4 atom stereocenters. The maximum Gasteiger partial charge on any atom is 0.282 e. The van der Waals surface area contributed by atoms with E-state index < -0.39 is 5.79 Å². The number of nitrogens with zero attached hydrogens (tertiary/aromatic N) is 1. The number of amides is 2. The molecule has 1 unspecified atom stereocenters. The molecule has 0 aliphatic carbocycles. The second-order valence-electron chi connectivity index (χ2n) is 10.0. The summed E-state index contributed by atoms with van der Waals surface area (Å²) >= 11 is 1.29. The van der Waals surface area contributed by atoms with Crippen LogP contribution >= 0.6 is 11.8 Å². The van der Waals surface area contributed by atoms with Crippen molar-refractivity contribution in [2.75, 3.05) is 20.0 Å². The summed E-state index contributed by atoms with van der Waals surface area (Å²) in [6, 6.07) is 7.29. The van der Waals surface area contributed by atoms with Crippen LogP contribution in [0, 0.1) is 0 Å². The number of rotatable bonds is 14. The number of nitrogens with one attached hydrogen (secondary N) is 1. The number of methoxy groups -OCH3 is 2. The molecule has 0 aromatic heterocycles. The van der Waals surface area contributed by atoms with Gasteiger partial charge in [0.05, 0.1) is 19.3 Å². The van der Waals surface area contributed by atoms with Crippen LogP contribution in [-0.2, 0) is 20.8 Å². The number of ether oxygens (including phenoxy) is 3. The predicted molar refractivity (Wildman–Crippen MR) is 153 cm³/mol. The molecular formula is C30H42N2O5S. The number of carbonyl (C=O) groups excluding carboxylic acids is 2. The zero-order valence-electron chi connectivity index (χ0n) is 22.9. The summed E-state index contributed by atoms with van der Waals surface area (Å²) < 4.78 is 18.1. The number of allylic oxidation sites excluding steroid dienone is 3. The Morgan fingerprint density at radius 3 is 2.63 bits per heavy atom. The minimum Gasteiger partial charge on any atom is -0.497 e. The summed E-state index contributed by atoms with van der Waals surface area (Å²) in [5.74, 6) is 0.192. The second kappa shape index (κ2) is 14.6. The van der Waals surface area contributed by atoms with E-state index in [4.69, 9.17) is 14.2 Å². The average Bonchev–Trinajstić information content (AvgIpc) is 3.28. The van der Waals surface area contributed by atoms with Crippen molar-refractivity contribution in [2.45, 2.75) is 82.4 Å². The fourth-order valence-electron chi connectivity index (χ4n) is 5.17. The zero-order chi connectivity index (χ0) is 27.5. The summed E-state index contributed by atoms with van der Waals surface area (Å²) in [6.07, 6.45) is 10.8. The Labute approximate surface area is 231 Å². The van der Waals surface area contributed by atoms with E-state index in [0.29, 0.717) is 25.1 Å². The van der Waals surface area contributed by atoms with E-state index in [-0.39, 0.29) is 29.3 Å². The lowest BCUT2D eigenvalue weighted by Gasteiger charge is -2.48. The van der Waals surface area contributed by atoms with Gasteiger partial charge < -0.3 is 24.4 Å². The number of unbranched alkanes of at least 4 members (excludes halogenated alkanes) is 1. The Morgan fingerprint density at radius 2 is 1.97 bits per heavy atom. The standard InChI is InChI=1S/C30H42N2O5S/c1-6-8-10-12-26-18-24(31-28(33)17-22(3)11-9-7-2)19-30(36-5,37-26)27-21-38-29(34)32(27)20-23-13-15-25(35-4)16-14-23/h6-7,13-17,24,26-27H,1-2,8-12,18-21H2,3-5H3,(H,31,33)/t24-,26?,27+,30-/m1/s1. The van der Waals surface area contributed by atoms with Gasteiger partial charge in [-0.3, -0.25) is 9.59 Å². The van der Waals surface area contributed by atoms with Crippen molar-refractivity contribution in [3.05, 3.63) is 66.8 Å². The molecule has 38 heavy (non-hydrogen) atoms. The van der Waals surface area contributed by atoms with Gasteiger partial charge in [-0.1, -0.05) is 41.6 Å². The Kier molecular flexibility index (Phi) is 11.5. The van der Waals surface area contributed by atoms with E-state index in [1.807, 2.05) is 48.2 Å². The normalized spacial score (nSPS) is 25.8. The molecule has 1 aromatic rings. The quantitative estimate of drug-likeness (QED) is 0.176. The zero-order valence-corrected chi connectivity index (χ0v) is 23.8. The van der Waals surface area contributed by atoms with Crippen molar-refractivity contribution in [2.24, 2.45) is 0 Å². The van der Waals surface area contributed by atoms with Crippen molar-refractivity contribution in [1.82, 2.24) is 10.2 Å². The number of carbonyl (C=O) groups is 2. The highest BCUT2D eigenvalue weighted by Crippen LogP contribution is 2.42. The van der Waals surface area contributed by atoms with Gasteiger partial charge in [-0.15, -0.1) is 13.2 Å². The van der Waals surface area contributed by atoms with E-state index in [1.165, 1.54) is 11.8 Å². The van der Waals surface area contributed by atoms with Crippen LogP contribution in [0.25, 0.3) is 0 Å². The van der Waals surface area contributed by atoms with Crippen LogP contribution in [0.4, 0.5) is 4.79 Å². The van der Waals surface area contributed by atoms with Gasteiger partial charge >= 0.3 is 0 Å². The Hall–Kier alpha value is -2.55. The summed E-state index contributed by atoms with van der Waals surface area (Å²) in [5, 5.41) is 3.20. The smallest absolute Gasteiger partial charge is 0.282 e. The van der Waals surface area contributed by atoms with Crippen LogP contribution in [0.1, 0.15) is 57.4 Å². The third kappa shape index (κ3) is 7.98. The number of hydrogen-bond donors (Lipinski definition) is 1. The molecule has 2 aliphatic heterocycles. The van der Waals surface area contributed by atoms with E-state index in [1.54, 1.807) is 20.3 Å². The molecule has 2 amide bonds. The fourth-order valence-corrected chi connectivity index (χ4v) is 6.26. The molecule has 2 saturated heterocycles. The summed E-state index contributed by atoms with van der Waals surface area (Å²) in [6.45, 7) is 9.99. The van der Waals surface area contributed by atoms with Crippen LogP contribution < -0.4 is 10.1 Å². The maximum atomic E-state index is 13.0. The maximum absolute atomic E-state index is 13.0. The first-order valence-electron chi connectivity index (χ1n) is 13.3. The molecule has 208 valence electrons. The molecule has 7 nitrogen and oxygen atoms in total. The van der Waals surface area contributed by atoms with Gasteiger partial charge in [-0.05, 0) is 63.1 Å². The summed E-state index contributed by atoms with van der Waals surface area (Å²) in [4.78, 5) is 27.8. The monoisotopic (exact) mass is 542 g/mol. The molecule has 0 radical (unpaired) electrons. The molecule has 0 spiro atoms. The molecule has 2 aliphatic rings. The van der Waals surface area contributed by atoms with E-state index >= 15 is 0 Å². The van der Waals surface area contributed by atoms with E-state index in [0.717, 1.165) is 49.0 Å². The van der Waals surface area contributed by atoms with Crippen molar-refractivity contribution < 1.29 is 23.8 Å². The van der Waals surface area contributed by atoms with E-state index in [2.05, 4.69) is 18.5 Å². The molecular weight excluding hydrogens is 500 g/mol. The molecule has 2 heterocycles. The van der Waals surface area contributed by atoms with Gasteiger partial charge in [0.25, 0.3) is 5.24 Å². The van der Waals surface area contributed by atoms with Crippen molar-refractivity contribution in [1.29, 1.82) is 0 Å². The molecule has 1 aromatic carbocycles. The molecule has 8 heteroatoms. The second-order valence-corrected chi connectivity index (χ2v) is 11.0. The molecule has 3 rings (SSSR count). The van der Waals surface area contributed by atoms with Crippen LogP contribution in [0.3, 0.4) is 0 Å². The largest absolute Gasteiger partial charge is 0.497 e. The third-order valence-corrected chi connectivity index (χ3v) is 8.15. The Morgan fingerprint density at radius 1 is 1.24 bits per heavy atom. The highest BCUT2D eigenvalue weighted by atomic mass is 32.2. The number of hydrogen-bond acceptors (Lipinski definition) is 6.